The van der Waals surface area contributed by atoms with Crippen molar-refractivity contribution in [1.82, 2.24) is 15.6 Å². The van der Waals surface area contributed by atoms with Crippen LogP contribution in [-0.4, -0.2) is 38.7 Å². The van der Waals surface area contributed by atoms with Gasteiger partial charge in [-0.1, -0.05) is 29.8 Å². The molecule has 8 heteroatoms. The molecule has 1 heterocycles. The van der Waals surface area contributed by atoms with Crippen LogP contribution in [-0.2, 0) is 22.8 Å². The molecule has 0 fully saturated rings. The van der Waals surface area contributed by atoms with Crippen LogP contribution in [0.5, 0.6) is 0 Å². The SMILES string of the molecule is CCNC(=NCc1ccc(S(C)(=O)=O)cc1)NCCc1ccc(Cl)nc1. The number of nitrogens with zero attached hydrogens (tertiary/aromatic N) is 2. The lowest BCUT2D eigenvalue weighted by Crippen LogP contribution is -2.38. The van der Waals surface area contributed by atoms with Crippen LogP contribution in [0.3, 0.4) is 0 Å². The highest BCUT2D eigenvalue weighted by Crippen LogP contribution is 2.11. The van der Waals surface area contributed by atoms with Gasteiger partial charge in [0.2, 0.25) is 0 Å². The Morgan fingerprint density at radius 2 is 1.81 bits per heavy atom. The van der Waals surface area contributed by atoms with Gasteiger partial charge in [-0.2, -0.15) is 0 Å². The summed E-state index contributed by atoms with van der Waals surface area (Å²) in [5, 5.41) is 6.95. The van der Waals surface area contributed by atoms with Gasteiger partial charge < -0.3 is 10.6 Å². The normalized spacial score (nSPS) is 12.0. The minimum atomic E-state index is -3.17. The van der Waals surface area contributed by atoms with Crippen LogP contribution >= 0.6 is 11.6 Å². The van der Waals surface area contributed by atoms with Crippen molar-refractivity contribution in [3.05, 3.63) is 58.9 Å². The standard InChI is InChI=1S/C18H23ClN4O2S/c1-3-20-18(21-11-10-15-6-9-17(19)22-12-15)23-13-14-4-7-16(8-5-14)26(2,24)25/h4-9,12H,3,10-11,13H2,1-2H3,(H2,20,21,23). The summed E-state index contributed by atoms with van der Waals surface area (Å²) >= 11 is 5.78. The molecule has 0 saturated heterocycles. The largest absolute Gasteiger partial charge is 0.357 e. The first kappa shape index (κ1) is 20.2. The summed E-state index contributed by atoms with van der Waals surface area (Å²) in [7, 11) is -3.17. The zero-order valence-corrected chi connectivity index (χ0v) is 16.4. The number of guanidine groups is 1. The van der Waals surface area contributed by atoms with Crippen molar-refractivity contribution < 1.29 is 8.42 Å². The summed E-state index contributed by atoms with van der Waals surface area (Å²) in [5.74, 6) is 0.710. The number of pyridine rings is 1. The van der Waals surface area contributed by atoms with Gasteiger partial charge in [-0.15, -0.1) is 0 Å². The molecular formula is C18H23ClN4O2S. The lowest BCUT2D eigenvalue weighted by atomic mass is 10.2. The molecule has 6 nitrogen and oxygen atoms in total. The van der Waals surface area contributed by atoms with E-state index in [1.54, 1.807) is 36.5 Å². The lowest BCUT2D eigenvalue weighted by molar-refractivity contribution is 0.602. The Kier molecular flexibility index (Phi) is 7.41. The molecule has 0 saturated carbocycles. The van der Waals surface area contributed by atoms with E-state index in [4.69, 9.17) is 11.6 Å². The van der Waals surface area contributed by atoms with Crippen molar-refractivity contribution in [2.45, 2.75) is 24.8 Å². The fourth-order valence-electron chi connectivity index (χ4n) is 2.23. The molecule has 1 aromatic heterocycles. The molecule has 140 valence electrons. The first-order valence-electron chi connectivity index (χ1n) is 8.30. The van der Waals surface area contributed by atoms with Gasteiger partial charge in [0.25, 0.3) is 0 Å². The smallest absolute Gasteiger partial charge is 0.191 e. The van der Waals surface area contributed by atoms with E-state index in [0.717, 1.165) is 24.1 Å². The number of sulfone groups is 1. The highest BCUT2D eigenvalue weighted by Gasteiger charge is 2.06. The fourth-order valence-corrected chi connectivity index (χ4v) is 2.98. The van der Waals surface area contributed by atoms with E-state index in [9.17, 15) is 8.42 Å². The Bertz CT molecular complexity index is 834. The van der Waals surface area contributed by atoms with E-state index < -0.39 is 9.84 Å². The fraction of sp³-hybridized carbons (Fsp3) is 0.333. The van der Waals surface area contributed by atoms with Gasteiger partial charge >= 0.3 is 0 Å². The molecular weight excluding hydrogens is 372 g/mol. The highest BCUT2D eigenvalue weighted by molar-refractivity contribution is 7.90. The van der Waals surface area contributed by atoms with Gasteiger partial charge in [-0.05, 0) is 42.7 Å². The van der Waals surface area contributed by atoms with Crippen LogP contribution in [0.1, 0.15) is 18.1 Å². The molecule has 2 rings (SSSR count). The topological polar surface area (TPSA) is 83.5 Å². The third kappa shape index (κ3) is 6.65. The Balaban J connectivity index is 1.92. The van der Waals surface area contributed by atoms with Crippen LogP contribution in [0, 0.1) is 0 Å². The zero-order valence-electron chi connectivity index (χ0n) is 14.9. The first-order valence-corrected chi connectivity index (χ1v) is 10.6. The molecule has 0 amide bonds. The van der Waals surface area contributed by atoms with Gasteiger partial charge in [0.1, 0.15) is 5.15 Å². The molecule has 0 atom stereocenters. The lowest BCUT2D eigenvalue weighted by Gasteiger charge is -2.11. The van der Waals surface area contributed by atoms with Gasteiger partial charge in [-0.3, -0.25) is 0 Å². The van der Waals surface area contributed by atoms with Crippen LogP contribution in [0.15, 0.2) is 52.5 Å². The molecule has 0 aliphatic rings. The monoisotopic (exact) mass is 394 g/mol. The molecule has 2 N–H and O–H groups in total. The zero-order chi connectivity index (χ0) is 19.0. The second-order valence-electron chi connectivity index (χ2n) is 5.78. The van der Waals surface area contributed by atoms with Crippen LogP contribution < -0.4 is 10.6 Å². The van der Waals surface area contributed by atoms with Gasteiger partial charge in [-0.25, -0.2) is 18.4 Å². The predicted molar refractivity (Wildman–Crippen MR) is 105 cm³/mol. The number of aromatic nitrogens is 1. The molecule has 0 radical (unpaired) electrons. The van der Waals surface area contributed by atoms with E-state index >= 15 is 0 Å². The quantitative estimate of drug-likeness (QED) is 0.428. The Morgan fingerprint density at radius 3 is 2.38 bits per heavy atom. The molecule has 1 aromatic carbocycles. The second kappa shape index (κ2) is 9.54. The maximum Gasteiger partial charge on any atom is 0.191 e. The predicted octanol–water partition coefficient (Wildman–Crippen LogP) is 2.44. The van der Waals surface area contributed by atoms with E-state index in [1.165, 1.54) is 6.26 Å². The molecule has 0 spiro atoms. The molecule has 0 aliphatic carbocycles. The molecule has 0 unspecified atom stereocenters. The van der Waals surface area contributed by atoms with Crippen molar-refractivity contribution in [1.29, 1.82) is 0 Å². The van der Waals surface area contributed by atoms with Crippen molar-refractivity contribution in [3.63, 3.8) is 0 Å². The number of benzene rings is 1. The summed E-state index contributed by atoms with van der Waals surface area (Å²) in [6.45, 7) is 3.92. The van der Waals surface area contributed by atoms with Crippen molar-refractivity contribution in [3.8, 4) is 0 Å². The summed E-state index contributed by atoms with van der Waals surface area (Å²) in [6.07, 6.45) is 3.76. The van der Waals surface area contributed by atoms with E-state index in [0.29, 0.717) is 29.1 Å². The van der Waals surface area contributed by atoms with Crippen LogP contribution in [0.4, 0.5) is 0 Å². The highest BCUT2D eigenvalue weighted by atomic mass is 35.5. The van der Waals surface area contributed by atoms with Gasteiger partial charge in [0, 0.05) is 25.5 Å². The minimum absolute atomic E-state index is 0.312. The Hall–Kier alpha value is -2.12. The van der Waals surface area contributed by atoms with E-state index in [-0.39, 0.29) is 0 Å². The number of hydrogen-bond acceptors (Lipinski definition) is 4. The van der Waals surface area contributed by atoms with Crippen LogP contribution in [0.25, 0.3) is 0 Å². The van der Waals surface area contributed by atoms with Crippen molar-refractivity contribution in [2.24, 2.45) is 4.99 Å². The third-order valence-electron chi connectivity index (χ3n) is 3.61. The molecule has 0 aliphatic heterocycles. The second-order valence-corrected chi connectivity index (χ2v) is 8.18. The number of hydrogen-bond donors (Lipinski definition) is 2. The number of aliphatic imine (C=N–C) groups is 1. The first-order chi connectivity index (χ1) is 12.4. The maximum atomic E-state index is 11.5. The van der Waals surface area contributed by atoms with E-state index in [2.05, 4.69) is 20.6 Å². The minimum Gasteiger partial charge on any atom is -0.357 e. The average Bonchev–Trinajstić information content (AvgIpc) is 2.61. The van der Waals surface area contributed by atoms with Gasteiger partial charge in [0.15, 0.2) is 15.8 Å². The number of nitrogens with one attached hydrogen (secondary N) is 2. The van der Waals surface area contributed by atoms with Gasteiger partial charge in [0.05, 0.1) is 11.4 Å². The maximum absolute atomic E-state index is 11.5. The Labute approximate surface area is 159 Å². The molecule has 2 aromatic rings. The summed E-state index contributed by atoms with van der Waals surface area (Å²) in [4.78, 5) is 8.90. The summed E-state index contributed by atoms with van der Waals surface area (Å²) in [6, 6.07) is 10.5. The summed E-state index contributed by atoms with van der Waals surface area (Å²) in [5.41, 5.74) is 2.03. The number of halogens is 1. The number of rotatable bonds is 7. The summed E-state index contributed by atoms with van der Waals surface area (Å²) < 4.78 is 23.0. The average molecular weight is 395 g/mol. The van der Waals surface area contributed by atoms with Crippen molar-refractivity contribution in [2.75, 3.05) is 19.3 Å². The van der Waals surface area contributed by atoms with E-state index in [1.807, 2.05) is 13.0 Å². The molecule has 26 heavy (non-hydrogen) atoms. The Morgan fingerprint density at radius 1 is 1.12 bits per heavy atom. The molecule has 0 bridgehead atoms. The van der Waals surface area contributed by atoms with Crippen LogP contribution in [0.2, 0.25) is 5.15 Å². The third-order valence-corrected chi connectivity index (χ3v) is 4.96. The van der Waals surface area contributed by atoms with Crippen molar-refractivity contribution >= 4 is 27.4 Å².